The second-order valence-electron chi connectivity index (χ2n) is 8.75. The van der Waals surface area contributed by atoms with E-state index in [1.807, 2.05) is 73.0 Å². The second-order valence-corrected chi connectivity index (χ2v) is 9.73. The minimum absolute atomic E-state index is 0.0208. The molecule has 7 nitrogen and oxygen atoms in total. The molecule has 0 saturated heterocycles. The first-order chi connectivity index (χ1) is 16.6. The number of carbonyl (C=O) groups excluding carboxylic acids is 2. The first-order valence-corrected chi connectivity index (χ1v) is 12.5. The molecule has 1 saturated carbocycles. The Morgan fingerprint density at radius 3 is 2.71 bits per heavy atom. The van der Waals surface area contributed by atoms with Gasteiger partial charge in [-0.15, -0.1) is 16.4 Å². The highest BCUT2D eigenvalue weighted by Gasteiger charge is 2.35. The monoisotopic (exact) mass is 473 g/mol. The quantitative estimate of drug-likeness (QED) is 0.424. The number of aryl methyl sites for hydroxylation is 1. The van der Waals surface area contributed by atoms with Gasteiger partial charge in [-0.25, -0.2) is 4.68 Å². The Kier molecular flexibility index (Phi) is 6.40. The lowest BCUT2D eigenvalue weighted by molar-refractivity contribution is -0.127. The number of anilines is 1. The Labute approximate surface area is 202 Å². The van der Waals surface area contributed by atoms with E-state index in [1.54, 1.807) is 9.58 Å². The van der Waals surface area contributed by atoms with Crippen molar-refractivity contribution in [3.63, 3.8) is 0 Å². The van der Waals surface area contributed by atoms with Gasteiger partial charge in [0, 0.05) is 16.6 Å². The molecular weight excluding hydrogens is 446 g/mol. The molecule has 5 rings (SSSR count). The van der Waals surface area contributed by atoms with Crippen LogP contribution in [0.15, 0.2) is 66.0 Å². The van der Waals surface area contributed by atoms with Gasteiger partial charge in [-0.2, -0.15) is 0 Å². The van der Waals surface area contributed by atoms with Crippen LogP contribution in [0.1, 0.15) is 42.2 Å². The number of aromatic nitrogens is 3. The highest BCUT2D eigenvalue weighted by molar-refractivity contribution is 7.10. The number of hydrogen-bond acceptors (Lipinski definition) is 5. The lowest BCUT2D eigenvalue weighted by atomic mass is 10.1. The van der Waals surface area contributed by atoms with E-state index in [1.165, 1.54) is 11.3 Å². The van der Waals surface area contributed by atoms with Crippen LogP contribution in [-0.2, 0) is 16.1 Å². The highest BCUT2D eigenvalue weighted by atomic mass is 32.1. The molecular formula is C26H27N5O2S. The van der Waals surface area contributed by atoms with Gasteiger partial charge in [-0.3, -0.25) is 14.5 Å². The summed E-state index contributed by atoms with van der Waals surface area (Å²) >= 11 is 1.48. The zero-order valence-electron chi connectivity index (χ0n) is 19.1. The molecule has 34 heavy (non-hydrogen) atoms. The van der Waals surface area contributed by atoms with Gasteiger partial charge in [0.1, 0.15) is 18.1 Å². The molecule has 2 heterocycles. The summed E-state index contributed by atoms with van der Waals surface area (Å²) < 4.78 is 1.60. The summed E-state index contributed by atoms with van der Waals surface area (Å²) in [5.74, 6) is -0.367. The average molecular weight is 474 g/mol. The summed E-state index contributed by atoms with van der Waals surface area (Å²) in [4.78, 5) is 30.0. The van der Waals surface area contributed by atoms with Gasteiger partial charge in [0.05, 0.1) is 5.52 Å². The molecule has 4 aromatic rings. The molecule has 1 aliphatic carbocycles. The summed E-state index contributed by atoms with van der Waals surface area (Å²) in [5, 5.41) is 13.5. The number of nitrogens with zero attached hydrogens (tertiary/aromatic N) is 4. The molecule has 2 amide bonds. The molecule has 2 aromatic heterocycles. The molecule has 0 aliphatic heterocycles. The summed E-state index contributed by atoms with van der Waals surface area (Å²) in [6.07, 6.45) is 4.20. The van der Waals surface area contributed by atoms with Gasteiger partial charge >= 0.3 is 0 Å². The van der Waals surface area contributed by atoms with E-state index >= 15 is 0 Å². The standard InChI is InChI=1S/C26H27N5O2S/c1-18-8-6-11-20(16-18)31(24(32)17-30-22-13-5-4-12-21(22)28-29-30)25(23-14-7-15-34-23)26(33)27-19-9-2-3-10-19/h4-8,11-16,19,25H,2-3,9-10,17H2,1H3,(H,27,33). The van der Waals surface area contributed by atoms with Crippen LogP contribution in [0.4, 0.5) is 5.69 Å². The fourth-order valence-corrected chi connectivity index (χ4v) is 5.44. The minimum Gasteiger partial charge on any atom is -0.351 e. The number of nitrogens with one attached hydrogen (secondary N) is 1. The molecule has 0 spiro atoms. The van der Waals surface area contributed by atoms with Crippen molar-refractivity contribution in [2.45, 2.75) is 51.2 Å². The van der Waals surface area contributed by atoms with Crippen LogP contribution < -0.4 is 10.2 Å². The van der Waals surface area contributed by atoms with Crippen molar-refractivity contribution in [1.82, 2.24) is 20.3 Å². The van der Waals surface area contributed by atoms with Crippen molar-refractivity contribution in [1.29, 1.82) is 0 Å². The molecule has 1 N–H and O–H groups in total. The molecule has 0 bridgehead atoms. The molecule has 8 heteroatoms. The fraction of sp³-hybridized carbons (Fsp3) is 0.308. The third-order valence-electron chi connectivity index (χ3n) is 6.27. The lowest BCUT2D eigenvalue weighted by Crippen LogP contribution is -2.47. The molecule has 174 valence electrons. The van der Waals surface area contributed by atoms with Crippen molar-refractivity contribution in [3.05, 3.63) is 76.5 Å². The summed E-state index contributed by atoms with van der Waals surface area (Å²) in [6.45, 7) is 1.96. The Morgan fingerprint density at radius 2 is 1.94 bits per heavy atom. The molecule has 1 aliphatic rings. The topological polar surface area (TPSA) is 80.1 Å². The van der Waals surface area contributed by atoms with Gasteiger partial charge in [0.15, 0.2) is 0 Å². The summed E-state index contributed by atoms with van der Waals surface area (Å²) in [7, 11) is 0. The number of hydrogen-bond donors (Lipinski definition) is 1. The van der Waals surface area contributed by atoms with Crippen molar-refractivity contribution >= 4 is 39.9 Å². The third-order valence-corrected chi connectivity index (χ3v) is 7.20. The number of rotatable bonds is 7. The predicted octanol–water partition coefficient (Wildman–Crippen LogP) is 4.63. The van der Waals surface area contributed by atoms with E-state index in [2.05, 4.69) is 15.6 Å². The van der Waals surface area contributed by atoms with Crippen LogP contribution in [0.5, 0.6) is 0 Å². The molecule has 1 atom stereocenters. The molecule has 1 unspecified atom stereocenters. The lowest BCUT2D eigenvalue weighted by Gasteiger charge is -2.31. The second kappa shape index (κ2) is 9.77. The van der Waals surface area contributed by atoms with E-state index in [9.17, 15) is 9.59 Å². The summed E-state index contributed by atoms with van der Waals surface area (Å²) in [6, 6.07) is 18.5. The third kappa shape index (κ3) is 4.59. The van der Waals surface area contributed by atoms with Crippen molar-refractivity contribution in [3.8, 4) is 0 Å². The maximum absolute atomic E-state index is 13.9. The average Bonchev–Trinajstić information content (AvgIpc) is 3.60. The molecule has 0 radical (unpaired) electrons. The van der Waals surface area contributed by atoms with Gasteiger partial charge in [-0.05, 0) is 61.0 Å². The van der Waals surface area contributed by atoms with Gasteiger partial charge in [-0.1, -0.05) is 48.4 Å². The highest BCUT2D eigenvalue weighted by Crippen LogP contribution is 2.32. The van der Waals surface area contributed by atoms with Crippen LogP contribution >= 0.6 is 11.3 Å². The smallest absolute Gasteiger partial charge is 0.249 e. The number of thiophene rings is 1. The van der Waals surface area contributed by atoms with Crippen LogP contribution in [0.25, 0.3) is 11.0 Å². The van der Waals surface area contributed by atoms with Gasteiger partial charge < -0.3 is 5.32 Å². The van der Waals surface area contributed by atoms with Crippen molar-refractivity contribution < 1.29 is 9.59 Å². The van der Waals surface area contributed by atoms with Crippen molar-refractivity contribution in [2.75, 3.05) is 4.90 Å². The number of amides is 2. The maximum atomic E-state index is 13.9. The van der Waals surface area contributed by atoms with Gasteiger partial charge in [0.2, 0.25) is 11.8 Å². The number of benzene rings is 2. The van der Waals surface area contributed by atoms with Crippen LogP contribution in [0, 0.1) is 6.92 Å². The molecule has 1 fully saturated rings. The Hall–Kier alpha value is -3.52. The van der Waals surface area contributed by atoms with E-state index in [4.69, 9.17) is 0 Å². The largest absolute Gasteiger partial charge is 0.351 e. The SMILES string of the molecule is Cc1cccc(N(C(=O)Cn2nnc3ccccc32)C(C(=O)NC2CCCC2)c2cccs2)c1. The van der Waals surface area contributed by atoms with E-state index in [-0.39, 0.29) is 24.4 Å². The Bertz CT molecular complexity index is 1290. The fourth-order valence-electron chi connectivity index (χ4n) is 4.62. The summed E-state index contributed by atoms with van der Waals surface area (Å²) in [5.41, 5.74) is 3.21. The number of carbonyl (C=O) groups is 2. The first-order valence-electron chi connectivity index (χ1n) is 11.6. The predicted molar refractivity (Wildman–Crippen MR) is 134 cm³/mol. The number of para-hydroxylation sites is 1. The normalized spacial score (nSPS) is 14.9. The van der Waals surface area contributed by atoms with Crippen LogP contribution in [0.3, 0.4) is 0 Å². The van der Waals surface area contributed by atoms with E-state index < -0.39 is 6.04 Å². The zero-order chi connectivity index (χ0) is 23.5. The minimum atomic E-state index is -0.760. The Morgan fingerprint density at radius 1 is 1.12 bits per heavy atom. The van der Waals surface area contributed by atoms with Crippen molar-refractivity contribution in [2.24, 2.45) is 0 Å². The first kappa shape index (κ1) is 22.3. The maximum Gasteiger partial charge on any atom is 0.249 e. The zero-order valence-corrected chi connectivity index (χ0v) is 19.9. The van der Waals surface area contributed by atoms with E-state index in [0.717, 1.165) is 47.2 Å². The van der Waals surface area contributed by atoms with Crippen LogP contribution in [-0.4, -0.2) is 32.9 Å². The Balaban J connectivity index is 1.54. The van der Waals surface area contributed by atoms with Gasteiger partial charge in [0.25, 0.3) is 0 Å². The molecule has 2 aromatic carbocycles. The number of fused-ring (bicyclic) bond motifs is 1. The van der Waals surface area contributed by atoms with Crippen LogP contribution in [0.2, 0.25) is 0 Å². The van der Waals surface area contributed by atoms with E-state index in [0.29, 0.717) is 5.69 Å².